The summed E-state index contributed by atoms with van der Waals surface area (Å²) >= 11 is 5.61. The predicted molar refractivity (Wildman–Crippen MR) is 78.2 cm³/mol. The standard InChI is InChI=1S/C15H12ClNO3/c1-9(16)8-17-14(18)11-6-2-4-10-5-3-7-12(13(10)11)15(19)20/h2-7H,1,8H2,(H,17,18)(H,19,20). The smallest absolute Gasteiger partial charge is 0.336 e. The molecule has 0 bridgehead atoms. The van der Waals surface area contributed by atoms with E-state index in [1.807, 2.05) is 0 Å². The zero-order valence-corrected chi connectivity index (χ0v) is 11.3. The fraction of sp³-hybridized carbons (Fsp3) is 0.0667. The lowest BCUT2D eigenvalue weighted by molar-refractivity contribution is 0.0699. The average molecular weight is 290 g/mol. The second kappa shape index (κ2) is 5.75. The van der Waals surface area contributed by atoms with Gasteiger partial charge in [-0.15, -0.1) is 0 Å². The Kier molecular flexibility index (Phi) is 4.05. The lowest BCUT2D eigenvalue weighted by Gasteiger charge is -2.09. The van der Waals surface area contributed by atoms with Crippen LogP contribution in [0.5, 0.6) is 0 Å². The van der Waals surface area contributed by atoms with Crippen LogP contribution >= 0.6 is 11.6 Å². The maximum absolute atomic E-state index is 12.1. The molecule has 2 rings (SSSR count). The van der Waals surface area contributed by atoms with Crippen molar-refractivity contribution >= 4 is 34.2 Å². The van der Waals surface area contributed by atoms with Gasteiger partial charge in [0.15, 0.2) is 0 Å². The van der Waals surface area contributed by atoms with Crippen molar-refractivity contribution in [3.05, 3.63) is 59.1 Å². The van der Waals surface area contributed by atoms with E-state index in [0.717, 1.165) is 0 Å². The highest BCUT2D eigenvalue weighted by atomic mass is 35.5. The molecule has 0 aliphatic heterocycles. The Hall–Kier alpha value is -2.33. The van der Waals surface area contributed by atoms with Gasteiger partial charge in [-0.05, 0) is 17.5 Å². The number of amides is 1. The quantitative estimate of drug-likeness (QED) is 0.909. The van der Waals surface area contributed by atoms with E-state index in [1.165, 1.54) is 6.07 Å². The number of hydrogen-bond donors (Lipinski definition) is 2. The van der Waals surface area contributed by atoms with E-state index >= 15 is 0 Å². The minimum atomic E-state index is -1.07. The SMILES string of the molecule is C=C(Cl)CNC(=O)c1cccc2cccc(C(=O)O)c12. The molecule has 102 valence electrons. The molecule has 2 aromatic carbocycles. The van der Waals surface area contributed by atoms with Crippen LogP contribution in [0, 0.1) is 0 Å². The number of benzene rings is 2. The summed E-state index contributed by atoms with van der Waals surface area (Å²) in [5.74, 6) is -1.45. The van der Waals surface area contributed by atoms with Gasteiger partial charge < -0.3 is 10.4 Å². The predicted octanol–water partition coefficient (Wildman–Crippen LogP) is 3.02. The second-order valence-electron chi connectivity index (χ2n) is 4.21. The molecule has 0 heterocycles. The lowest BCUT2D eigenvalue weighted by Crippen LogP contribution is -2.25. The fourth-order valence-electron chi connectivity index (χ4n) is 1.98. The summed E-state index contributed by atoms with van der Waals surface area (Å²) < 4.78 is 0. The van der Waals surface area contributed by atoms with Gasteiger partial charge in [0.1, 0.15) is 0 Å². The van der Waals surface area contributed by atoms with Crippen molar-refractivity contribution in [3.63, 3.8) is 0 Å². The first-order chi connectivity index (χ1) is 9.50. The van der Waals surface area contributed by atoms with Crippen molar-refractivity contribution in [2.45, 2.75) is 0 Å². The van der Waals surface area contributed by atoms with E-state index in [4.69, 9.17) is 11.6 Å². The summed E-state index contributed by atoms with van der Waals surface area (Å²) in [6.45, 7) is 3.62. The number of fused-ring (bicyclic) bond motifs is 1. The molecule has 0 aromatic heterocycles. The molecule has 4 nitrogen and oxygen atoms in total. The number of carboxylic acid groups (broad SMARTS) is 1. The molecule has 0 unspecified atom stereocenters. The highest BCUT2D eigenvalue weighted by Gasteiger charge is 2.16. The molecular weight excluding hydrogens is 278 g/mol. The first kappa shape index (κ1) is 14.1. The van der Waals surface area contributed by atoms with Crippen molar-refractivity contribution in [1.82, 2.24) is 5.32 Å². The second-order valence-corrected chi connectivity index (χ2v) is 4.75. The van der Waals surface area contributed by atoms with Crippen molar-refractivity contribution in [2.75, 3.05) is 6.54 Å². The maximum atomic E-state index is 12.1. The Balaban J connectivity index is 2.55. The molecule has 0 saturated heterocycles. The third-order valence-electron chi connectivity index (χ3n) is 2.82. The Bertz CT molecular complexity index is 704. The van der Waals surface area contributed by atoms with Crippen LogP contribution in [0.15, 0.2) is 48.0 Å². The van der Waals surface area contributed by atoms with Crippen LogP contribution in [0.4, 0.5) is 0 Å². The number of carbonyl (C=O) groups is 2. The van der Waals surface area contributed by atoms with Crippen LogP contribution in [0.2, 0.25) is 0 Å². The van der Waals surface area contributed by atoms with Gasteiger partial charge in [0.05, 0.1) is 12.1 Å². The summed E-state index contributed by atoms with van der Waals surface area (Å²) in [4.78, 5) is 23.4. The Labute approximate surface area is 120 Å². The molecule has 0 saturated carbocycles. The Morgan fingerprint density at radius 1 is 1.15 bits per heavy atom. The fourth-order valence-corrected chi connectivity index (χ4v) is 2.05. The van der Waals surface area contributed by atoms with E-state index in [-0.39, 0.29) is 18.0 Å². The summed E-state index contributed by atoms with van der Waals surface area (Å²) in [5.41, 5.74) is 0.399. The Morgan fingerprint density at radius 2 is 1.75 bits per heavy atom. The average Bonchev–Trinajstić information content (AvgIpc) is 2.43. The molecule has 0 spiro atoms. The zero-order valence-electron chi connectivity index (χ0n) is 10.5. The molecule has 0 aliphatic rings. The number of halogens is 1. The highest BCUT2D eigenvalue weighted by Crippen LogP contribution is 2.23. The summed E-state index contributed by atoms with van der Waals surface area (Å²) in [5, 5.41) is 13.2. The number of carbonyl (C=O) groups excluding carboxylic acids is 1. The molecule has 0 fully saturated rings. The van der Waals surface area contributed by atoms with Gasteiger partial charge in [0.25, 0.3) is 5.91 Å². The van der Waals surface area contributed by atoms with Gasteiger partial charge >= 0.3 is 5.97 Å². The van der Waals surface area contributed by atoms with E-state index in [0.29, 0.717) is 21.4 Å². The molecule has 2 N–H and O–H groups in total. The molecule has 20 heavy (non-hydrogen) atoms. The molecular formula is C15H12ClNO3. The number of aromatic carboxylic acids is 1. The van der Waals surface area contributed by atoms with Crippen LogP contribution in [-0.4, -0.2) is 23.5 Å². The number of carboxylic acids is 1. The number of nitrogens with one attached hydrogen (secondary N) is 1. The van der Waals surface area contributed by atoms with Gasteiger partial charge in [-0.25, -0.2) is 4.79 Å². The third-order valence-corrected chi connectivity index (χ3v) is 2.95. The van der Waals surface area contributed by atoms with Crippen molar-refractivity contribution in [3.8, 4) is 0 Å². The molecule has 0 aliphatic carbocycles. The van der Waals surface area contributed by atoms with Crippen molar-refractivity contribution in [2.24, 2.45) is 0 Å². The van der Waals surface area contributed by atoms with Gasteiger partial charge in [-0.3, -0.25) is 4.79 Å². The molecule has 0 atom stereocenters. The van der Waals surface area contributed by atoms with Crippen LogP contribution in [0.1, 0.15) is 20.7 Å². The topological polar surface area (TPSA) is 66.4 Å². The summed E-state index contributed by atoms with van der Waals surface area (Å²) in [6.07, 6.45) is 0. The minimum absolute atomic E-state index is 0.0953. The van der Waals surface area contributed by atoms with Gasteiger partial charge in [-0.1, -0.05) is 42.4 Å². The molecule has 0 radical (unpaired) electrons. The van der Waals surface area contributed by atoms with Crippen molar-refractivity contribution < 1.29 is 14.7 Å². The lowest BCUT2D eigenvalue weighted by atomic mass is 9.98. The first-order valence-electron chi connectivity index (χ1n) is 5.87. The Morgan fingerprint density at radius 3 is 2.30 bits per heavy atom. The molecule has 5 heteroatoms. The van der Waals surface area contributed by atoms with Crippen LogP contribution < -0.4 is 5.32 Å². The van der Waals surface area contributed by atoms with Gasteiger partial charge in [-0.2, -0.15) is 0 Å². The summed E-state index contributed by atoms with van der Waals surface area (Å²) in [7, 11) is 0. The summed E-state index contributed by atoms with van der Waals surface area (Å²) in [6, 6.07) is 9.94. The normalized spacial score (nSPS) is 10.2. The first-order valence-corrected chi connectivity index (χ1v) is 6.25. The largest absolute Gasteiger partial charge is 0.478 e. The van der Waals surface area contributed by atoms with Gasteiger partial charge in [0.2, 0.25) is 0 Å². The maximum Gasteiger partial charge on any atom is 0.336 e. The van der Waals surface area contributed by atoms with Crippen LogP contribution in [0.3, 0.4) is 0 Å². The van der Waals surface area contributed by atoms with Crippen LogP contribution in [0.25, 0.3) is 10.8 Å². The molecule has 2 aromatic rings. The van der Waals surface area contributed by atoms with Crippen molar-refractivity contribution in [1.29, 1.82) is 0 Å². The van der Waals surface area contributed by atoms with E-state index < -0.39 is 5.97 Å². The molecule has 1 amide bonds. The number of rotatable bonds is 4. The van der Waals surface area contributed by atoms with E-state index in [2.05, 4.69) is 11.9 Å². The zero-order chi connectivity index (χ0) is 14.7. The third kappa shape index (κ3) is 2.81. The van der Waals surface area contributed by atoms with E-state index in [9.17, 15) is 14.7 Å². The van der Waals surface area contributed by atoms with E-state index in [1.54, 1.807) is 30.3 Å². The highest BCUT2D eigenvalue weighted by molar-refractivity contribution is 6.29. The van der Waals surface area contributed by atoms with Gasteiger partial charge in [0, 0.05) is 16.0 Å². The minimum Gasteiger partial charge on any atom is -0.478 e. The van der Waals surface area contributed by atoms with Crippen LogP contribution in [-0.2, 0) is 0 Å². The number of hydrogen-bond acceptors (Lipinski definition) is 2. The monoisotopic (exact) mass is 289 g/mol.